The molecule has 2 atom stereocenters. The molecule has 1 fully saturated rings. The highest BCUT2D eigenvalue weighted by Crippen LogP contribution is 2.39. The second kappa shape index (κ2) is 7.30. The maximum Gasteiger partial charge on any atom is 0.169 e. The zero-order chi connectivity index (χ0) is 15.3. The van der Waals surface area contributed by atoms with Gasteiger partial charge in [0.05, 0.1) is 13.2 Å². The summed E-state index contributed by atoms with van der Waals surface area (Å²) >= 11 is 6.11. The summed E-state index contributed by atoms with van der Waals surface area (Å²) in [5.41, 5.74) is 1.02. The smallest absolute Gasteiger partial charge is 0.169 e. The standard InChI is InChI=1S/C16H25ClO3/c1-7-13(17)11(4)10-14-15(12(5)18-6)20-16(8-2,9-3)19-14/h7,14-15H,1,5,8-10H2,2-4,6H3. The molecule has 0 N–H and O–H groups in total. The van der Waals surface area contributed by atoms with Crippen LogP contribution in [0.2, 0.25) is 0 Å². The van der Waals surface area contributed by atoms with Gasteiger partial charge in [0.2, 0.25) is 0 Å². The van der Waals surface area contributed by atoms with Gasteiger partial charge in [-0.25, -0.2) is 0 Å². The summed E-state index contributed by atoms with van der Waals surface area (Å²) in [7, 11) is 1.60. The Labute approximate surface area is 127 Å². The molecule has 0 saturated carbocycles. The second-order valence-electron chi connectivity index (χ2n) is 5.02. The van der Waals surface area contributed by atoms with Gasteiger partial charge in [-0.1, -0.05) is 50.3 Å². The zero-order valence-corrected chi connectivity index (χ0v) is 13.6. The van der Waals surface area contributed by atoms with Gasteiger partial charge in [-0.05, 0) is 26.2 Å². The van der Waals surface area contributed by atoms with Crippen LogP contribution in [-0.2, 0) is 14.2 Å². The van der Waals surface area contributed by atoms with Gasteiger partial charge in [-0.2, -0.15) is 0 Å². The highest BCUT2D eigenvalue weighted by atomic mass is 35.5. The van der Waals surface area contributed by atoms with Crippen LogP contribution in [-0.4, -0.2) is 25.1 Å². The van der Waals surface area contributed by atoms with Crippen LogP contribution in [0.5, 0.6) is 0 Å². The number of methoxy groups -OCH3 is 1. The monoisotopic (exact) mass is 300 g/mol. The average Bonchev–Trinajstić information content (AvgIpc) is 2.84. The molecule has 0 aromatic heterocycles. The van der Waals surface area contributed by atoms with E-state index in [1.165, 1.54) is 0 Å². The molecule has 0 aliphatic carbocycles. The first-order valence-electron chi connectivity index (χ1n) is 6.99. The van der Waals surface area contributed by atoms with Crippen molar-refractivity contribution in [2.75, 3.05) is 7.11 Å². The molecule has 0 bridgehead atoms. The number of rotatable bonds is 7. The van der Waals surface area contributed by atoms with Crippen molar-refractivity contribution < 1.29 is 14.2 Å². The maximum absolute atomic E-state index is 6.16. The lowest BCUT2D eigenvalue weighted by molar-refractivity contribution is -0.178. The zero-order valence-electron chi connectivity index (χ0n) is 12.9. The van der Waals surface area contributed by atoms with E-state index in [0.29, 0.717) is 17.2 Å². The molecule has 1 aliphatic heterocycles. The van der Waals surface area contributed by atoms with E-state index in [1.54, 1.807) is 13.2 Å². The molecule has 1 heterocycles. The highest BCUT2D eigenvalue weighted by molar-refractivity contribution is 6.31. The molecule has 3 nitrogen and oxygen atoms in total. The summed E-state index contributed by atoms with van der Waals surface area (Å²) in [5.74, 6) is 0.0267. The van der Waals surface area contributed by atoms with Crippen LogP contribution in [0.25, 0.3) is 0 Å². The number of ether oxygens (including phenoxy) is 3. The first kappa shape index (κ1) is 17.3. The minimum Gasteiger partial charge on any atom is -0.499 e. The largest absolute Gasteiger partial charge is 0.499 e. The lowest BCUT2D eigenvalue weighted by atomic mass is 10.0. The van der Waals surface area contributed by atoms with Gasteiger partial charge in [0, 0.05) is 5.03 Å². The van der Waals surface area contributed by atoms with Gasteiger partial charge < -0.3 is 14.2 Å². The molecule has 0 spiro atoms. The number of hydrogen-bond donors (Lipinski definition) is 0. The SMILES string of the molecule is C=CC(Cl)=C(C)CC1OC(CC)(CC)OC1C(=C)OC. The molecule has 0 radical (unpaired) electrons. The number of allylic oxidation sites excluding steroid dienone is 2. The normalized spacial score (nSPS) is 26.1. The third-order valence-corrected chi connectivity index (χ3v) is 4.27. The molecular formula is C16H25ClO3. The van der Waals surface area contributed by atoms with Crippen LogP contribution < -0.4 is 0 Å². The Hall–Kier alpha value is -0.770. The highest BCUT2D eigenvalue weighted by Gasteiger charge is 2.46. The molecule has 0 aromatic carbocycles. The Kier molecular flexibility index (Phi) is 6.31. The summed E-state index contributed by atoms with van der Waals surface area (Å²) in [4.78, 5) is 0. The molecule has 4 heteroatoms. The van der Waals surface area contributed by atoms with E-state index in [0.717, 1.165) is 18.4 Å². The van der Waals surface area contributed by atoms with Crippen molar-refractivity contribution in [3.63, 3.8) is 0 Å². The van der Waals surface area contributed by atoms with E-state index in [2.05, 4.69) is 27.0 Å². The first-order chi connectivity index (χ1) is 9.42. The van der Waals surface area contributed by atoms with E-state index in [-0.39, 0.29) is 12.2 Å². The molecule has 114 valence electrons. The van der Waals surface area contributed by atoms with Crippen LogP contribution >= 0.6 is 11.6 Å². The third kappa shape index (κ3) is 3.66. The fourth-order valence-corrected chi connectivity index (χ4v) is 2.44. The van der Waals surface area contributed by atoms with Crippen LogP contribution in [0.4, 0.5) is 0 Å². The van der Waals surface area contributed by atoms with Crippen molar-refractivity contribution in [2.24, 2.45) is 0 Å². The van der Waals surface area contributed by atoms with Crippen LogP contribution in [0.15, 0.2) is 35.6 Å². The van der Waals surface area contributed by atoms with Crippen molar-refractivity contribution in [2.45, 2.75) is 58.0 Å². The van der Waals surface area contributed by atoms with Crippen LogP contribution in [0.1, 0.15) is 40.0 Å². The Morgan fingerprint density at radius 2 is 1.95 bits per heavy atom. The van der Waals surface area contributed by atoms with Crippen LogP contribution in [0.3, 0.4) is 0 Å². The van der Waals surface area contributed by atoms with E-state index in [1.807, 2.05) is 6.92 Å². The van der Waals surface area contributed by atoms with Crippen molar-refractivity contribution in [1.29, 1.82) is 0 Å². The summed E-state index contributed by atoms with van der Waals surface area (Å²) in [6.45, 7) is 13.7. The van der Waals surface area contributed by atoms with Gasteiger partial charge in [-0.15, -0.1) is 0 Å². The molecule has 1 rings (SSSR count). The van der Waals surface area contributed by atoms with Crippen molar-refractivity contribution in [3.05, 3.63) is 35.6 Å². The first-order valence-corrected chi connectivity index (χ1v) is 7.36. The predicted molar refractivity (Wildman–Crippen MR) is 82.6 cm³/mol. The Balaban J connectivity index is 2.96. The van der Waals surface area contributed by atoms with Crippen molar-refractivity contribution >= 4 is 11.6 Å². The van der Waals surface area contributed by atoms with Gasteiger partial charge in [0.1, 0.15) is 11.9 Å². The predicted octanol–water partition coefficient (Wildman–Crippen LogP) is 4.54. The lowest BCUT2D eigenvalue weighted by Crippen LogP contribution is -2.29. The minimum absolute atomic E-state index is 0.143. The van der Waals surface area contributed by atoms with Crippen molar-refractivity contribution in [1.82, 2.24) is 0 Å². The van der Waals surface area contributed by atoms with E-state index in [9.17, 15) is 0 Å². The maximum atomic E-state index is 6.16. The summed E-state index contributed by atoms with van der Waals surface area (Å²) < 4.78 is 17.5. The second-order valence-corrected chi connectivity index (χ2v) is 5.43. The van der Waals surface area contributed by atoms with E-state index < -0.39 is 5.79 Å². The third-order valence-electron chi connectivity index (χ3n) is 3.80. The minimum atomic E-state index is -0.558. The molecule has 1 aliphatic rings. The lowest BCUT2D eigenvalue weighted by Gasteiger charge is -2.25. The topological polar surface area (TPSA) is 27.7 Å². The Morgan fingerprint density at radius 3 is 2.40 bits per heavy atom. The average molecular weight is 301 g/mol. The van der Waals surface area contributed by atoms with Gasteiger partial charge in [0.25, 0.3) is 0 Å². The van der Waals surface area contributed by atoms with Crippen LogP contribution in [0, 0.1) is 0 Å². The molecule has 20 heavy (non-hydrogen) atoms. The fourth-order valence-electron chi connectivity index (χ4n) is 2.37. The van der Waals surface area contributed by atoms with E-state index >= 15 is 0 Å². The quantitative estimate of drug-likeness (QED) is 0.510. The number of hydrogen-bond acceptors (Lipinski definition) is 3. The molecular weight excluding hydrogens is 276 g/mol. The molecule has 0 aromatic rings. The Bertz CT molecular complexity index is 397. The number of halogens is 1. The van der Waals surface area contributed by atoms with Gasteiger partial charge >= 0.3 is 0 Å². The summed E-state index contributed by atoms with van der Waals surface area (Å²) in [6.07, 6.45) is 3.45. The van der Waals surface area contributed by atoms with Gasteiger partial charge in [-0.3, -0.25) is 0 Å². The van der Waals surface area contributed by atoms with Gasteiger partial charge in [0.15, 0.2) is 5.79 Å². The molecule has 0 amide bonds. The molecule has 2 unspecified atom stereocenters. The van der Waals surface area contributed by atoms with E-state index in [4.69, 9.17) is 25.8 Å². The summed E-state index contributed by atoms with van der Waals surface area (Å²) in [6, 6.07) is 0. The van der Waals surface area contributed by atoms with Crippen molar-refractivity contribution in [3.8, 4) is 0 Å². The fraction of sp³-hybridized carbons (Fsp3) is 0.625. The Morgan fingerprint density at radius 1 is 1.35 bits per heavy atom. The molecule has 1 saturated heterocycles. The summed E-state index contributed by atoms with van der Waals surface area (Å²) in [5, 5.41) is 0.654.